The van der Waals surface area contributed by atoms with Gasteiger partial charge in [0.1, 0.15) is 11.4 Å². The van der Waals surface area contributed by atoms with Gasteiger partial charge in [0.05, 0.1) is 0 Å². The minimum Gasteiger partial charge on any atom is -0.348 e. The third-order valence-corrected chi connectivity index (χ3v) is 5.35. The van der Waals surface area contributed by atoms with Crippen molar-refractivity contribution in [3.05, 3.63) is 72.8 Å². The molecule has 0 fully saturated rings. The molecule has 0 atom stereocenters. The summed E-state index contributed by atoms with van der Waals surface area (Å²) in [4.78, 5) is 0. The van der Waals surface area contributed by atoms with Gasteiger partial charge in [-0.25, -0.2) is 0 Å². The summed E-state index contributed by atoms with van der Waals surface area (Å²) in [6.45, 7) is 0. The van der Waals surface area contributed by atoms with E-state index >= 15 is 0 Å². The van der Waals surface area contributed by atoms with Crippen molar-refractivity contribution in [2.75, 3.05) is 0 Å². The molecule has 0 aliphatic carbocycles. The van der Waals surface area contributed by atoms with Crippen LogP contribution in [0.4, 0.5) is 0 Å². The Labute approximate surface area is 146 Å². The van der Waals surface area contributed by atoms with E-state index in [0.717, 1.165) is 32.7 Å². The van der Waals surface area contributed by atoms with Gasteiger partial charge in [-0.1, -0.05) is 71.0 Å². The first-order chi connectivity index (χ1) is 11.9. The second-order valence-corrected chi connectivity index (χ2v) is 7.10. The molecule has 4 rings (SSSR count). The van der Waals surface area contributed by atoms with Crippen LogP contribution in [0.3, 0.4) is 0 Å². The Morgan fingerprint density at radius 2 is 1.00 bits per heavy atom. The van der Waals surface area contributed by atoms with Crippen molar-refractivity contribution < 1.29 is 9.05 Å². The summed E-state index contributed by atoms with van der Waals surface area (Å²) in [6, 6.07) is 23.7. The molecule has 0 radical (unpaired) electrons. The number of hydrogen-bond acceptors (Lipinski definition) is 6. The maximum atomic E-state index is 5.36. The smallest absolute Gasteiger partial charge is 0.204 e. The normalized spacial score (nSPS) is 10.8. The standard InChI is InChI=1S/C18H12N2O2S2/c1-3-7-13(8-4-1)15-11-17(21-19-15)23-24-18-12-16(20-22-18)14-9-5-2-6-10-14/h1-12H. The summed E-state index contributed by atoms with van der Waals surface area (Å²) >= 11 is 0. The highest BCUT2D eigenvalue weighted by Crippen LogP contribution is 2.39. The van der Waals surface area contributed by atoms with Crippen LogP contribution in [0.5, 0.6) is 0 Å². The quantitative estimate of drug-likeness (QED) is 0.423. The van der Waals surface area contributed by atoms with E-state index in [0.29, 0.717) is 0 Å². The zero-order chi connectivity index (χ0) is 16.2. The molecule has 4 aromatic rings. The number of rotatable bonds is 5. The molecule has 0 saturated carbocycles. The van der Waals surface area contributed by atoms with Crippen LogP contribution < -0.4 is 0 Å². The maximum absolute atomic E-state index is 5.36. The molecule has 0 spiro atoms. The van der Waals surface area contributed by atoms with Crippen LogP contribution in [0.15, 0.2) is 92.0 Å². The van der Waals surface area contributed by atoms with Crippen LogP contribution in [0.2, 0.25) is 0 Å². The topological polar surface area (TPSA) is 52.1 Å². The van der Waals surface area contributed by atoms with Crippen LogP contribution in [0, 0.1) is 0 Å². The summed E-state index contributed by atoms with van der Waals surface area (Å²) in [6.07, 6.45) is 0. The van der Waals surface area contributed by atoms with E-state index in [9.17, 15) is 0 Å². The lowest BCUT2D eigenvalue weighted by molar-refractivity contribution is 0.350. The predicted molar refractivity (Wildman–Crippen MR) is 95.6 cm³/mol. The fourth-order valence-corrected chi connectivity index (χ4v) is 3.75. The largest absolute Gasteiger partial charge is 0.348 e. The van der Waals surface area contributed by atoms with Crippen LogP contribution in [0.1, 0.15) is 0 Å². The summed E-state index contributed by atoms with van der Waals surface area (Å²) in [5, 5.41) is 9.63. The summed E-state index contributed by atoms with van der Waals surface area (Å²) in [7, 11) is 2.90. The fraction of sp³-hybridized carbons (Fsp3) is 0. The Morgan fingerprint density at radius 3 is 1.42 bits per heavy atom. The predicted octanol–water partition coefficient (Wildman–Crippen LogP) is 5.80. The fourth-order valence-electron chi connectivity index (χ4n) is 2.17. The zero-order valence-electron chi connectivity index (χ0n) is 12.5. The van der Waals surface area contributed by atoms with Gasteiger partial charge < -0.3 is 9.05 Å². The Morgan fingerprint density at radius 1 is 0.583 bits per heavy atom. The molecular formula is C18H12N2O2S2. The molecule has 118 valence electrons. The van der Waals surface area contributed by atoms with E-state index < -0.39 is 0 Å². The highest BCUT2D eigenvalue weighted by atomic mass is 33.1. The van der Waals surface area contributed by atoms with Crippen molar-refractivity contribution in [3.8, 4) is 22.5 Å². The molecule has 2 aromatic carbocycles. The van der Waals surface area contributed by atoms with Crippen molar-refractivity contribution >= 4 is 21.6 Å². The molecule has 0 saturated heterocycles. The zero-order valence-corrected chi connectivity index (χ0v) is 14.1. The SMILES string of the molecule is c1ccc(-c2cc(SSc3cc(-c4ccccc4)no3)on2)cc1. The van der Waals surface area contributed by atoms with Gasteiger partial charge >= 0.3 is 0 Å². The average molecular weight is 352 g/mol. The molecule has 2 heterocycles. The monoisotopic (exact) mass is 352 g/mol. The minimum atomic E-state index is 0.719. The summed E-state index contributed by atoms with van der Waals surface area (Å²) in [5.41, 5.74) is 3.70. The molecule has 2 aromatic heterocycles. The first-order valence-corrected chi connectivity index (χ1v) is 9.42. The van der Waals surface area contributed by atoms with E-state index in [1.807, 2.05) is 72.8 Å². The Bertz CT molecular complexity index is 843. The maximum Gasteiger partial charge on any atom is 0.204 e. The third-order valence-electron chi connectivity index (χ3n) is 3.32. The second-order valence-electron chi connectivity index (χ2n) is 4.96. The lowest BCUT2D eigenvalue weighted by atomic mass is 10.2. The lowest BCUT2D eigenvalue weighted by Gasteiger charge is -1.92. The first kappa shape index (κ1) is 15.1. The number of benzene rings is 2. The molecule has 0 amide bonds. The van der Waals surface area contributed by atoms with Gasteiger partial charge in [-0.2, -0.15) is 0 Å². The Kier molecular flexibility index (Phi) is 4.40. The molecule has 0 unspecified atom stereocenters. The van der Waals surface area contributed by atoms with Gasteiger partial charge in [-0.3, -0.25) is 0 Å². The highest BCUT2D eigenvalue weighted by molar-refractivity contribution is 8.76. The second kappa shape index (κ2) is 6.98. The van der Waals surface area contributed by atoms with Gasteiger partial charge in [0.15, 0.2) is 0 Å². The molecule has 4 nitrogen and oxygen atoms in total. The molecule has 24 heavy (non-hydrogen) atoms. The summed E-state index contributed by atoms with van der Waals surface area (Å²) in [5.74, 6) is 0. The summed E-state index contributed by atoms with van der Waals surface area (Å²) < 4.78 is 10.7. The average Bonchev–Trinajstić information content (AvgIpc) is 3.31. The molecular weight excluding hydrogens is 340 g/mol. The van der Waals surface area contributed by atoms with Gasteiger partial charge in [-0.05, 0) is 21.6 Å². The van der Waals surface area contributed by atoms with Gasteiger partial charge in [-0.15, -0.1) is 0 Å². The van der Waals surface area contributed by atoms with Crippen LogP contribution >= 0.6 is 21.6 Å². The van der Waals surface area contributed by atoms with Crippen molar-refractivity contribution in [2.45, 2.75) is 10.2 Å². The van der Waals surface area contributed by atoms with Crippen LogP contribution in [-0.2, 0) is 0 Å². The first-order valence-electron chi connectivity index (χ1n) is 7.27. The highest BCUT2D eigenvalue weighted by Gasteiger charge is 2.11. The van der Waals surface area contributed by atoms with Crippen molar-refractivity contribution in [3.63, 3.8) is 0 Å². The van der Waals surface area contributed by atoms with Crippen LogP contribution in [-0.4, -0.2) is 10.3 Å². The third kappa shape index (κ3) is 3.39. The van der Waals surface area contributed by atoms with E-state index in [1.165, 1.54) is 21.6 Å². The molecule has 0 N–H and O–H groups in total. The number of hydrogen-bond donors (Lipinski definition) is 0. The molecule has 0 bridgehead atoms. The van der Waals surface area contributed by atoms with Gasteiger partial charge in [0.25, 0.3) is 0 Å². The number of nitrogens with zero attached hydrogens (tertiary/aromatic N) is 2. The van der Waals surface area contributed by atoms with E-state index in [4.69, 9.17) is 9.05 Å². The van der Waals surface area contributed by atoms with Gasteiger partial charge in [0, 0.05) is 23.3 Å². The number of aromatic nitrogens is 2. The van der Waals surface area contributed by atoms with Crippen LogP contribution in [0.25, 0.3) is 22.5 Å². The molecule has 0 aliphatic rings. The van der Waals surface area contributed by atoms with Gasteiger partial charge in [0.2, 0.25) is 10.2 Å². The van der Waals surface area contributed by atoms with E-state index in [-0.39, 0.29) is 0 Å². The van der Waals surface area contributed by atoms with Crippen molar-refractivity contribution in [1.82, 2.24) is 10.3 Å². The Balaban J connectivity index is 1.43. The van der Waals surface area contributed by atoms with Crippen molar-refractivity contribution in [2.24, 2.45) is 0 Å². The Hall–Kier alpha value is -2.44. The molecule has 6 heteroatoms. The van der Waals surface area contributed by atoms with E-state index in [1.54, 1.807) is 0 Å². The lowest BCUT2D eigenvalue weighted by Crippen LogP contribution is -1.73. The minimum absolute atomic E-state index is 0.719. The van der Waals surface area contributed by atoms with E-state index in [2.05, 4.69) is 10.3 Å². The van der Waals surface area contributed by atoms with Crippen molar-refractivity contribution in [1.29, 1.82) is 0 Å². The molecule has 0 aliphatic heterocycles.